The molecule has 0 aliphatic carbocycles. The normalized spacial score (nSPS) is 12.1. The number of nitrogens with zero attached hydrogens (tertiary/aromatic N) is 1. The minimum Gasteiger partial charge on any atom is -0.495 e. The number of methoxy groups -OCH3 is 1. The lowest BCUT2D eigenvalue weighted by molar-refractivity contribution is -0.140. The van der Waals surface area contributed by atoms with E-state index < -0.39 is 11.9 Å². The zero-order chi connectivity index (χ0) is 14.6. The molecule has 0 amide bonds. The molecule has 1 unspecified atom stereocenters. The molecule has 1 aromatic rings. The first-order valence-corrected chi connectivity index (χ1v) is 6.60. The second-order valence-electron chi connectivity index (χ2n) is 4.55. The number of hydrogen-bond donors (Lipinski definition) is 1. The van der Waals surface area contributed by atoms with Crippen LogP contribution in [-0.2, 0) is 4.79 Å². The highest BCUT2D eigenvalue weighted by Gasteiger charge is 2.19. The van der Waals surface area contributed by atoms with Gasteiger partial charge in [0.05, 0.1) is 18.7 Å². The van der Waals surface area contributed by atoms with Crippen molar-refractivity contribution < 1.29 is 14.6 Å². The van der Waals surface area contributed by atoms with Crippen molar-refractivity contribution in [3.8, 4) is 5.75 Å². The molecule has 0 heterocycles. The molecule has 1 aromatic carbocycles. The highest BCUT2D eigenvalue weighted by atomic mass is 35.5. The third kappa shape index (κ3) is 3.77. The Labute approximate surface area is 118 Å². The van der Waals surface area contributed by atoms with Gasteiger partial charge in [-0.1, -0.05) is 18.5 Å². The average molecular weight is 286 g/mol. The van der Waals surface area contributed by atoms with Crippen molar-refractivity contribution in [3.05, 3.63) is 22.7 Å². The van der Waals surface area contributed by atoms with E-state index in [0.717, 1.165) is 11.3 Å². The second-order valence-corrected chi connectivity index (χ2v) is 4.96. The molecule has 0 saturated carbocycles. The summed E-state index contributed by atoms with van der Waals surface area (Å²) in [7, 11) is 1.58. The molecular weight excluding hydrogens is 266 g/mol. The zero-order valence-corrected chi connectivity index (χ0v) is 12.5. The van der Waals surface area contributed by atoms with E-state index in [1.165, 1.54) is 0 Å². The van der Waals surface area contributed by atoms with Crippen LogP contribution in [0.5, 0.6) is 5.75 Å². The van der Waals surface area contributed by atoms with Crippen molar-refractivity contribution in [2.45, 2.75) is 20.8 Å². The summed E-state index contributed by atoms with van der Waals surface area (Å²) in [6, 6.07) is 3.69. The molecular formula is C14H20ClNO3. The molecule has 0 fully saturated rings. The van der Waals surface area contributed by atoms with E-state index in [0.29, 0.717) is 23.9 Å². The van der Waals surface area contributed by atoms with Crippen LogP contribution in [0.2, 0.25) is 5.02 Å². The number of rotatable bonds is 6. The molecule has 0 saturated heterocycles. The van der Waals surface area contributed by atoms with Gasteiger partial charge in [-0.2, -0.15) is 0 Å². The van der Waals surface area contributed by atoms with Crippen LogP contribution >= 0.6 is 11.6 Å². The Kier molecular flexibility index (Phi) is 5.48. The summed E-state index contributed by atoms with van der Waals surface area (Å²) in [5.74, 6) is -0.584. The first kappa shape index (κ1) is 15.6. The molecule has 19 heavy (non-hydrogen) atoms. The van der Waals surface area contributed by atoms with E-state index in [4.69, 9.17) is 21.4 Å². The molecule has 106 valence electrons. The number of benzene rings is 1. The number of aryl methyl sites for hydroxylation is 1. The summed E-state index contributed by atoms with van der Waals surface area (Å²) in [5, 5.41) is 9.66. The number of carboxylic acids is 1. The number of ether oxygens (including phenoxy) is 1. The minimum absolute atomic E-state index is 0.434. The second kappa shape index (κ2) is 6.66. The number of halogens is 1. The van der Waals surface area contributed by atoms with Gasteiger partial charge in [-0.25, -0.2) is 0 Å². The van der Waals surface area contributed by atoms with E-state index in [9.17, 15) is 4.79 Å². The van der Waals surface area contributed by atoms with Gasteiger partial charge in [0.1, 0.15) is 5.75 Å². The van der Waals surface area contributed by atoms with Gasteiger partial charge in [-0.3, -0.25) is 4.79 Å². The van der Waals surface area contributed by atoms with E-state index in [2.05, 4.69) is 0 Å². The molecule has 0 aliphatic rings. The first-order valence-electron chi connectivity index (χ1n) is 6.22. The summed E-state index contributed by atoms with van der Waals surface area (Å²) >= 11 is 6.08. The maximum absolute atomic E-state index is 11.0. The standard InChI is InChI=1S/C14H20ClNO3/c1-5-16(8-10(3)14(17)18)12-6-9(2)11(15)7-13(12)19-4/h6-7,10H,5,8H2,1-4H3,(H,17,18). The molecule has 1 rings (SSSR count). The number of anilines is 1. The van der Waals surface area contributed by atoms with Gasteiger partial charge in [0.25, 0.3) is 0 Å². The van der Waals surface area contributed by atoms with Crippen molar-refractivity contribution in [1.29, 1.82) is 0 Å². The molecule has 5 heteroatoms. The summed E-state index contributed by atoms with van der Waals surface area (Å²) < 4.78 is 5.33. The lowest BCUT2D eigenvalue weighted by Gasteiger charge is -2.27. The number of carbonyl (C=O) groups is 1. The van der Waals surface area contributed by atoms with Gasteiger partial charge in [0.2, 0.25) is 0 Å². The average Bonchev–Trinajstić information content (AvgIpc) is 2.38. The summed E-state index contributed by atoms with van der Waals surface area (Å²) in [6.45, 7) is 6.73. The van der Waals surface area contributed by atoms with Gasteiger partial charge >= 0.3 is 5.97 Å². The maximum Gasteiger partial charge on any atom is 0.308 e. The number of carboxylic acid groups (broad SMARTS) is 1. The quantitative estimate of drug-likeness (QED) is 0.872. The van der Waals surface area contributed by atoms with E-state index in [-0.39, 0.29) is 0 Å². The highest BCUT2D eigenvalue weighted by molar-refractivity contribution is 6.31. The Balaban J connectivity index is 3.10. The Hall–Kier alpha value is -1.42. The van der Waals surface area contributed by atoms with Gasteiger partial charge in [-0.15, -0.1) is 0 Å². The minimum atomic E-state index is -0.803. The van der Waals surface area contributed by atoms with Crippen LogP contribution in [0.3, 0.4) is 0 Å². The fourth-order valence-corrected chi connectivity index (χ4v) is 2.02. The Morgan fingerprint density at radius 2 is 2.16 bits per heavy atom. The molecule has 4 nitrogen and oxygen atoms in total. The molecule has 1 atom stereocenters. The van der Waals surface area contributed by atoms with Crippen molar-refractivity contribution >= 4 is 23.3 Å². The van der Waals surface area contributed by atoms with Crippen LogP contribution in [-0.4, -0.2) is 31.3 Å². The van der Waals surface area contributed by atoms with E-state index in [1.807, 2.05) is 24.8 Å². The van der Waals surface area contributed by atoms with Crippen LogP contribution < -0.4 is 9.64 Å². The summed E-state index contributed by atoms with van der Waals surface area (Å²) in [4.78, 5) is 13.0. The Bertz CT molecular complexity index is 462. The van der Waals surface area contributed by atoms with Crippen molar-refractivity contribution in [3.63, 3.8) is 0 Å². The highest BCUT2D eigenvalue weighted by Crippen LogP contribution is 2.34. The van der Waals surface area contributed by atoms with Gasteiger partial charge in [0.15, 0.2) is 0 Å². The van der Waals surface area contributed by atoms with Crippen LogP contribution in [0.1, 0.15) is 19.4 Å². The lowest BCUT2D eigenvalue weighted by atomic mass is 10.1. The summed E-state index contributed by atoms with van der Waals surface area (Å²) in [5.41, 5.74) is 1.82. The zero-order valence-electron chi connectivity index (χ0n) is 11.7. The molecule has 0 aliphatic heterocycles. The smallest absolute Gasteiger partial charge is 0.308 e. The molecule has 0 aromatic heterocycles. The third-order valence-corrected chi connectivity index (χ3v) is 3.51. The third-order valence-electron chi connectivity index (χ3n) is 3.10. The van der Waals surface area contributed by atoms with Crippen LogP contribution in [0.15, 0.2) is 12.1 Å². The monoisotopic (exact) mass is 285 g/mol. The first-order chi connectivity index (χ1) is 8.90. The van der Waals surface area contributed by atoms with Gasteiger partial charge in [-0.05, 0) is 25.5 Å². The topological polar surface area (TPSA) is 49.8 Å². The van der Waals surface area contributed by atoms with Gasteiger partial charge in [0, 0.05) is 24.2 Å². The van der Waals surface area contributed by atoms with Crippen molar-refractivity contribution in [2.24, 2.45) is 5.92 Å². The van der Waals surface area contributed by atoms with E-state index >= 15 is 0 Å². The van der Waals surface area contributed by atoms with Crippen LogP contribution in [0.4, 0.5) is 5.69 Å². The lowest BCUT2D eigenvalue weighted by Crippen LogP contribution is -2.32. The molecule has 1 N–H and O–H groups in total. The Morgan fingerprint density at radius 3 is 2.63 bits per heavy atom. The molecule has 0 spiro atoms. The maximum atomic E-state index is 11.0. The van der Waals surface area contributed by atoms with Crippen LogP contribution in [0.25, 0.3) is 0 Å². The van der Waals surface area contributed by atoms with Crippen LogP contribution in [0, 0.1) is 12.8 Å². The van der Waals surface area contributed by atoms with Crippen molar-refractivity contribution in [2.75, 3.05) is 25.1 Å². The SMILES string of the molecule is CCN(CC(C)C(=O)O)c1cc(C)c(Cl)cc1OC. The fourth-order valence-electron chi connectivity index (χ4n) is 1.87. The number of hydrogen-bond acceptors (Lipinski definition) is 3. The largest absolute Gasteiger partial charge is 0.495 e. The Morgan fingerprint density at radius 1 is 1.53 bits per heavy atom. The fraction of sp³-hybridized carbons (Fsp3) is 0.500. The van der Waals surface area contributed by atoms with Crippen molar-refractivity contribution in [1.82, 2.24) is 0 Å². The summed E-state index contributed by atoms with van der Waals surface area (Å²) in [6.07, 6.45) is 0. The van der Waals surface area contributed by atoms with Gasteiger partial charge < -0.3 is 14.7 Å². The van der Waals surface area contributed by atoms with E-state index in [1.54, 1.807) is 20.1 Å². The predicted octanol–water partition coefficient (Wildman–Crippen LogP) is 3.20. The number of aliphatic carboxylic acids is 1. The molecule has 0 bridgehead atoms. The molecule has 0 radical (unpaired) electrons. The predicted molar refractivity (Wildman–Crippen MR) is 77.4 cm³/mol.